The molecule has 0 aliphatic carbocycles. The van der Waals surface area contributed by atoms with Gasteiger partial charge in [-0.25, -0.2) is 0 Å². The van der Waals surface area contributed by atoms with Crippen LogP contribution in [-0.2, 0) is 5.75 Å². The predicted octanol–water partition coefficient (Wildman–Crippen LogP) is 3.76. The van der Waals surface area contributed by atoms with Gasteiger partial charge in [0, 0.05) is 11.6 Å². The summed E-state index contributed by atoms with van der Waals surface area (Å²) in [4.78, 5) is 0. The first-order valence-corrected chi connectivity index (χ1v) is 5.46. The Morgan fingerprint density at radius 2 is 2.23 bits per heavy atom. The number of hydrogen-bond acceptors (Lipinski definition) is 1. The van der Waals surface area contributed by atoms with Crippen LogP contribution in [0, 0.1) is 0 Å². The molecular formula is C11H13ClS. The molecule has 0 N–H and O–H groups in total. The largest absolute Gasteiger partial charge is 0.175 e. The van der Waals surface area contributed by atoms with Crippen LogP contribution in [0.1, 0.15) is 17.5 Å². The highest BCUT2D eigenvalue weighted by molar-refractivity contribution is 7.79. The molecule has 0 aromatic heterocycles. The summed E-state index contributed by atoms with van der Waals surface area (Å²) in [5.74, 6) is 1.47. The third kappa shape index (κ3) is 3.88. The van der Waals surface area contributed by atoms with Gasteiger partial charge in [0.05, 0.1) is 0 Å². The van der Waals surface area contributed by atoms with Crippen LogP contribution in [0.2, 0.25) is 0 Å². The molecule has 70 valence electrons. The van der Waals surface area contributed by atoms with E-state index in [0.717, 1.165) is 12.2 Å². The number of halogens is 1. The maximum atomic E-state index is 5.56. The summed E-state index contributed by atoms with van der Waals surface area (Å²) in [7, 11) is 0. The highest BCUT2D eigenvalue weighted by atomic mass is 35.5. The minimum absolute atomic E-state index is 0.683. The van der Waals surface area contributed by atoms with E-state index in [1.54, 1.807) is 0 Å². The Morgan fingerprint density at radius 1 is 1.38 bits per heavy atom. The SMILES string of the molecule is SCc1cccc(C=CCCCl)c1. The summed E-state index contributed by atoms with van der Waals surface area (Å²) in [6.45, 7) is 0. The number of alkyl halides is 1. The van der Waals surface area contributed by atoms with Crippen molar-refractivity contribution in [3.8, 4) is 0 Å². The van der Waals surface area contributed by atoms with Crippen molar-refractivity contribution < 1.29 is 0 Å². The number of hydrogen-bond donors (Lipinski definition) is 1. The quantitative estimate of drug-likeness (QED) is 0.570. The summed E-state index contributed by atoms with van der Waals surface area (Å²) in [5, 5.41) is 0. The Labute approximate surface area is 90.0 Å². The third-order valence-electron chi connectivity index (χ3n) is 1.72. The normalized spacial score (nSPS) is 10.9. The van der Waals surface area contributed by atoms with Crippen LogP contribution < -0.4 is 0 Å². The van der Waals surface area contributed by atoms with Gasteiger partial charge >= 0.3 is 0 Å². The fourth-order valence-corrected chi connectivity index (χ4v) is 1.40. The lowest BCUT2D eigenvalue weighted by molar-refractivity contribution is 1.24. The Balaban J connectivity index is 2.66. The second-order valence-corrected chi connectivity index (χ2v) is 3.48. The van der Waals surface area contributed by atoms with E-state index in [1.807, 2.05) is 6.07 Å². The highest BCUT2D eigenvalue weighted by Gasteiger charge is 1.89. The molecule has 0 saturated heterocycles. The molecule has 13 heavy (non-hydrogen) atoms. The predicted molar refractivity (Wildman–Crippen MR) is 63.5 cm³/mol. The number of rotatable bonds is 4. The van der Waals surface area contributed by atoms with Crippen LogP contribution in [0.4, 0.5) is 0 Å². The van der Waals surface area contributed by atoms with E-state index in [0.29, 0.717) is 5.88 Å². The minimum Gasteiger partial charge on any atom is -0.175 e. The lowest BCUT2D eigenvalue weighted by Gasteiger charge is -1.97. The fourth-order valence-electron chi connectivity index (χ4n) is 1.08. The van der Waals surface area contributed by atoms with Crippen molar-refractivity contribution in [3.05, 3.63) is 41.5 Å². The lowest BCUT2D eigenvalue weighted by atomic mass is 10.1. The maximum Gasteiger partial charge on any atom is 0.0258 e. The Morgan fingerprint density at radius 3 is 2.92 bits per heavy atom. The summed E-state index contributed by atoms with van der Waals surface area (Å²) in [6.07, 6.45) is 5.10. The number of allylic oxidation sites excluding steroid dienone is 1. The molecule has 0 bridgehead atoms. The van der Waals surface area contributed by atoms with E-state index in [1.165, 1.54) is 11.1 Å². The minimum atomic E-state index is 0.683. The van der Waals surface area contributed by atoms with Gasteiger partial charge in [0.1, 0.15) is 0 Å². The molecular weight excluding hydrogens is 200 g/mol. The average Bonchev–Trinajstić information content (AvgIpc) is 2.19. The van der Waals surface area contributed by atoms with Crippen molar-refractivity contribution in [2.24, 2.45) is 0 Å². The number of benzene rings is 1. The molecule has 0 amide bonds. The molecule has 0 fully saturated rings. The molecule has 0 nitrogen and oxygen atoms in total. The summed E-state index contributed by atoms with van der Waals surface area (Å²) in [6, 6.07) is 8.34. The zero-order chi connectivity index (χ0) is 9.52. The van der Waals surface area contributed by atoms with E-state index in [4.69, 9.17) is 11.6 Å². The second kappa shape index (κ2) is 6.11. The van der Waals surface area contributed by atoms with Crippen LogP contribution >= 0.6 is 24.2 Å². The van der Waals surface area contributed by atoms with Gasteiger partial charge in [-0.1, -0.05) is 36.4 Å². The van der Waals surface area contributed by atoms with Crippen molar-refractivity contribution in [2.45, 2.75) is 12.2 Å². The Kier molecular flexibility index (Phi) is 5.02. The molecule has 0 heterocycles. The van der Waals surface area contributed by atoms with E-state index in [2.05, 4.69) is 43.0 Å². The Bertz CT molecular complexity index is 281. The van der Waals surface area contributed by atoms with Gasteiger partial charge in [0.2, 0.25) is 0 Å². The van der Waals surface area contributed by atoms with Crippen LogP contribution in [-0.4, -0.2) is 5.88 Å². The van der Waals surface area contributed by atoms with Crippen LogP contribution in [0.25, 0.3) is 6.08 Å². The van der Waals surface area contributed by atoms with Crippen LogP contribution in [0.5, 0.6) is 0 Å². The Hall–Kier alpha value is -0.400. The third-order valence-corrected chi connectivity index (χ3v) is 2.30. The molecule has 0 aliphatic heterocycles. The summed E-state index contributed by atoms with van der Waals surface area (Å²) in [5.41, 5.74) is 2.47. The van der Waals surface area contributed by atoms with E-state index < -0.39 is 0 Å². The molecule has 1 aromatic carbocycles. The van der Waals surface area contributed by atoms with Crippen molar-refractivity contribution in [1.29, 1.82) is 0 Å². The molecule has 0 radical (unpaired) electrons. The highest BCUT2D eigenvalue weighted by Crippen LogP contribution is 2.09. The smallest absolute Gasteiger partial charge is 0.0258 e. The van der Waals surface area contributed by atoms with Crippen LogP contribution in [0.15, 0.2) is 30.3 Å². The second-order valence-electron chi connectivity index (χ2n) is 2.78. The van der Waals surface area contributed by atoms with Gasteiger partial charge in [0.15, 0.2) is 0 Å². The summed E-state index contributed by atoms with van der Waals surface area (Å²) < 4.78 is 0. The van der Waals surface area contributed by atoms with Crippen molar-refractivity contribution >= 4 is 30.3 Å². The number of thiol groups is 1. The topological polar surface area (TPSA) is 0 Å². The summed E-state index contributed by atoms with van der Waals surface area (Å²) >= 11 is 9.78. The van der Waals surface area contributed by atoms with Gasteiger partial charge in [-0.15, -0.1) is 11.6 Å². The lowest BCUT2D eigenvalue weighted by Crippen LogP contribution is -1.78. The van der Waals surface area contributed by atoms with E-state index >= 15 is 0 Å². The molecule has 2 heteroatoms. The first-order valence-electron chi connectivity index (χ1n) is 4.29. The molecule has 1 rings (SSSR count). The first-order chi connectivity index (χ1) is 6.36. The molecule has 1 aromatic rings. The van der Waals surface area contributed by atoms with Gasteiger partial charge in [-0.3, -0.25) is 0 Å². The fraction of sp³-hybridized carbons (Fsp3) is 0.273. The first kappa shape index (κ1) is 10.7. The molecule has 0 aliphatic rings. The van der Waals surface area contributed by atoms with Gasteiger partial charge in [-0.05, 0) is 17.5 Å². The van der Waals surface area contributed by atoms with Crippen molar-refractivity contribution in [3.63, 3.8) is 0 Å². The standard InChI is InChI=1S/C11H13ClS/c12-7-2-1-4-10-5-3-6-11(8-10)9-13/h1,3-6,8,13H,2,7,9H2. The molecule has 0 spiro atoms. The average molecular weight is 213 g/mol. The zero-order valence-corrected chi connectivity index (χ0v) is 9.06. The molecule has 0 atom stereocenters. The maximum absolute atomic E-state index is 5.56. The van der Waals surface area contributed by atoms with E-state index in [9.17, 15) is 0 Å². The van der Waals surface area contributed by atoms with Crippen molar-refractivity contribution in [2.75, 3.05) is 5.88 Å². The van der Waals surface area contributed by atoms with Gasteiger partial charge < -0.3 is 0 Å². The van der Waals surface area contributed by atoms with Gasteiger partial charge in [-0.2, -0.15) is 12.6 Å². The molecule has 0 unspecified atom stereocenters. The van der Waals surface area contributed by atoms with Crippen LogP contribution in [0.3, 0.4) is 0 Å². The van der Waals surface area contributed by atoms with E-state index in [-0.39, 0.29) is 0 Å². The molecule has 0 saturated carbocycles. The van der Waals surface area contributed by atoms with Gasteiger partial charge in [0.25, 0.3) is 0 Å². The monoisotopic (exact) mass is 212 g/mol. The van der Waals surface area contributed by atoms with Crippen molar-refractivity contribution in [1.82, 2.24) is 0 Å². The zero-order valence-electron chi connectivity index (χ0n) is 7.41.